The average Bonchev–Trinajstić information content (AvgIpc) is 3.91. The second-order valence-corrected chi connectivity index (χ2v) is 17.8. The van der Waals surface area contributed by atoms with Gasteiger partial charge in [0.15, 0.2) is 0 Å². The lowest BCUT2D eigenvalue weighted by Crippen LogP contribution is -2.54. The van der Waals surface area contributed by atoms with E-state index in [1.165, 1.54) is 14.2 Å². The van der Waals surface area contributed by atoms with Gasteiger partial charge in [0.05, 0.1) is 50.1 Å². The van der Waals surface area contributed by atoms with E-state index >= 15 is 0 Å². The Kier molecular flexibility index (Phi) is 10.6. The molecule has 2 saturated carbocycles. The Morgan fingerprint density at radius 2 is 1.39 bits per heavy atom. The van der Waals surface area contributed by atoms with Crippen LogP contribution in [0.25, 0.3) is 44.4 Å². The van der Waals surface area contributed by atoms with Gasteiger partial charge in [0, 0.05) is 18.2 Å². The summed E-state index contributed by atoms with van der Waals surface area (Å²) < 4.78 is 9.60. The smallest absolute Gasteiger partial charge is 0.407 e. The van der Waals surface area contributed by atoms with Crippen molar-refractivity contribution < 1.29 is 28.7 Å². The number of nitrogens with zero attached hydrogens (tertiary/aromatic N) is 4. The minimum absolute atomic E-state index is 0.0905. The van der Waals surface area contributed by atoms with Gasteiger partial charge in [-0.15, -0.1) is 0 Å². The third kappa shape index (κ3) is 7.61. The number of aromatic nitrogens is 4. The first kappa shape index (κ1) is 40.2. The fourth-order valence-electron chi connectivity index (χ4n) is 10.0. The zero-order valence-electron chi connectivity index (χ0n) is 35.4. The molecule has 61 heavy (non-hydrogen) atoms. The number of hydrogen-bond acceptors (Lipinski definition) is 8. The number of fused-ring (bicyclic) bond motifs is 3. The largest absolute Gasteiger partial charge is 0.453 e. The van der Waals surface area contributed by atoms with Crippen LogP contribution in [0, 0.1) is 17.3 Å². The fourth-order valence-corrected chi connectivity index (χ4v) is 10.0. The highest BCUT2D eigenvalue weighted by atomic mass is 16.5. The van der Waals surface area contributed by atoms with Crippen molar-refractivity contribution in [2.45, 2.75) is 95.9 Å². The number of alkyl carbamates (subject to hydrolysis) is 2. The summed E-state index contributed by atoms with van der Waals surface area (Å²) in [5.74, 6) is 1.56. The van der Waals surface area contributed by atoms with E-state index in [1.54, 1.807) is 0 Å². The van der Waals surface area contributed by atoms with Gasteiger partial charge in [-0.25, -0.2) is 19.6 Å². The molecule has 1 unspecified atom stereocenters. The van der Waals surface area contributed by atoms with Gasteiger partial charge in [0.1, 0.15) is 23.7 Å². The van der Waals surface area contributed by atoms with Crippen molar-refractivity contribution in [1.82, 2.24) is 40.4 Å². The third-order valence-corrected chi connectivity index (χ3v) is 13.6. The molecule has 14 nitrogen and oxygen atoms in total. The van der Waals surface area contributed by atoms with E-state index in [9.17, 15) is 19.2 Å². The number of imidazole rings is 2. The summed E-state index contributed by atoms with van der Waals surface area (Å²) in [5, 5.41) is 7.68. The number of likely N-dealkylation sites (tertiary alicyclic amines) is 2. The molecule has 4 N–H and O–H groups in total. The molecule has 318 valence electrons. The van der Waals surface area contributed by atoms with Crippen molar-refractivity contribution in [2.24, 2.45) is 17.3 Å². The van der Waals surface area contributed by atoms with E-state index in [4.69, 9.17) is 19.4 Å². The van der Waals surface area contributed by atoms with Gasteiger partial charge < -0.3 is 39.9 Å². The van der Waals surface area contributed by atoms with Gasteiger partial charge in [-0.05, 0) is 102 Å². The van der Waals surface area contributed by atoms with Gasteiger partial charge in [-0.1, -0.05) is 69.3 Å². The summed E-state index contributed by atoms with van der Waals surface area (Å²) in [4.78, 5) is 72.3. The highest BCUT2D eigenvalue weighted by molar-refractivity contribution is 5.91. The van der Waals surface area contributed by atoms with E-state index < -0.39 is 24.3 Å². The molecular weight excluding hydrogens is 773 g/mol. The van der Waals surface area contributed by atoms with Gasteiger partial charge >= 0.3 is 12.2 Å². The van der Waals surface area contributed by atoms with Crippen LogP contribution < -0.4 is 10.6 Å². The topological polar surface area (TPSA) is 175 Å². The predicted octanol–water partition coefficient (Wildman–Crippen LogP) is 7.91. The normalized spacial score (nSPS) is 22.1. The Bertz CT molecular complexity index is 2470. The molecule has 14 heteroatoms. The van der Waals surface area contributed by atoms with E-state index in [2.05, 4.69) is 81.3 Å². The highest BCUT2D eigenvalue weighted by Crippen LogP contribution is 2.58. The second-order valence-electron chi connectivity index (χ2n) is 17.8. The fraction of sp³-hybridized carbons (Fsp3) is 0.447. The molecule has 3 aromatic carbocycles. The third-order valence-electron chi connectivity index (χ3n) is 13.6. The van der Waals surface area contributed by atoms with Crippen LogP contribution in [0.15, 0.2) is 73.1 Å². The number of hydrogen-bond donors (Lipinski definition) is 4. The molecule has 0 radical (unpaired) electrons. The lowest BCUT2D eigenvalue weighted by molar-refractivity contribution is -0.139. The molecule has 2 aliphatic heterocycles. The maximum absolute atomic E-state index is 14.0. The monoisotopic (exact) mass is 826 g/mol. The van der Waals surface area contributed by atoms with Crippen molar-refractivity contribution in [3.05, 3.63) is 84.7 Å². The number of benzene rings is 3. The van der Waals surface area contributed by atoms with Crippen LogP contribution in [0.5, 0.6) is 0 Å². The van der Waals surface area contributed by atoms with E-state index in [1.807, 2.05) is 43.0 Å². The number of carbonyl (C=O) groups excluding carboxylic acids is 4. The molecule has 5 aromatic rings. The number of methoxy groups -OCH3 is 2. The summed E-state index contributed by atoms with van der Waals surface area (Å²) in [6.45, 7) is 6.41. The van der Waals surface area contributed by atoms with E-state index in [0.29, 0.717) is 18.9 Å². The van der Waals surface area contributed by atoms with Crippen molar-refractivity contribution >= 4 is 34.8 Å². The first-order valence-corrected chi connectivity index (χ1v) is 21.5. The number of amides is 4. The SMILES string of the molecule is CC[C@H](NC(=O)OC)C(=O)N1CC2(CC2)C[C@H]1c1ncc(-c2ccc3cc(-c4ccc(-c5cnc([C@@H]6[C@H]7CCC(C7)N6C(=O)[C@@H](NC(=O)OC)C(C)C)[nH]5)cc4)ccc3c2)[nH]1. The summed E-state index contributed by atoms with van der Waals surface area (Å²) in [6.07, 6.45) is 8.91. The van der Waals surface area contributed by atoms with Crippen LogP contribution in [0.2, 0.25) is 0 Å². The minimum Gasteiger partial charge on any atom is -0.453 e. The summed E-state index contributed by atoms with van der Waals surface area (Å²) in [5.41, 5.74) is 6.10. The minimum atomic E-state index is -0.680. The molecule has 2 aliphatic carbocycles. The van der Waals surface area contributed by atoms with E-state index in [0.717, 1.165) is 94.6 Å². The maximum atomic E-state index is 14.0. The average molecular weight is 827 g/mol. The summed E-state index contributed by atoms with van der Waals surface area (Å²) >= 11 is 0. The molecule has 4 fully saturated rings. The zero-order chi connectivity index (χ0) is 42.6. The van der Waals surface area contributed by atoms with Crippen LogP contribution in [0.4, 0.5) is 9.59 Å². The first-order chi connectivity index (χ1) is 29.5. The van der Waals surface area contributed by atoms with Crippen LogP contribution in [0.1, 0.15) is 89.4 Å². The van der Waals surface area contributed by atoms with Gasteiger partial charge in [0.25, 0.3) is 0 Å². The second kappa shape index (κ2) is 16.0. The standard InChI is InChI=1S/C47H54N8O6/c1-6-35(52-45(58)60-4)43(56)54-25-47(17-18-47)22-38(54)41-48-24-37(50-41)32-14-13-30-19-29(11-12-31(30)20-32)27-7-9-28(10-8-27)36-23-49-42(51-36)40-33-15-16-34(21-33)55(40)44(57)39(26(2)3)53-46(59)61-5/h7-14,19-20,23-24,26,33-35,38-40H,6,15-18,21-22,25H2,1-5H3,(H,48,50)(H,49,51)(H,52,58)(H,53,59)/t33-,34?,35-,38-,39-,40-/m0/s1. The van der Waals surface area contributed by atoms with Crippen molar-refractivity contribution in [3.8, 4) is 33.6 Å². The Balaban J connectivity index is 0.891. The van der Waals surface area contributed by atoms with Crippen molar-refractivity contribution in [2.75, 3.05) is 20.8 Å². The highest BCUT2D eigenvalue weighted by Gasteiger charge is 2.55. The number of rotatable bonds is 11. The first-order valence-electron chi connectivity index (χ1n) is 21.5. The molecule has 6 atom stereocenters. The molecule has 1 spiro atoms. The molecule has 4 aliphatic rings. The lowest BCUT2D eigenvalue weighted by Gasteiger charge is -2.37. The zero-order valence-corrected chi connectivity index (χ0v) is 35.4. The molecule has 2 bridgehead atoms. The van der Waals surface area contributed by atoms with Crippen LogP contribution in [0.3, 0.4) is 0 Å². The number of piperidine rings is 1. The number of nitrogens with one attached hydrogen (secondary N) is 4. The summed E-state index contributed by atoms with van der Waals surface area (Å²) in [6, 6.07) is 19.7. The van der Waals surface area contributed by atoms with Crippen LogP contribution in [-0.4, -0.2) is 92.6 Å². The number of ether oxygens (including phenoxy) is 2. The van der Waals surface area contributed by atoms with Crippen molar-refractivity contribution in [3.63, 3.8) is 0 Å². The number of aromatic amines is 2. The molecule has 2 saturated heterocycles. The summed E-state index contributed by atoms with van der Waals surface area (Å²) in [7, 11) is 2.61. The maximum Gasteiger partial charge on any atom is 0.407 e. The Morgan fingerprint density at radius 1 is 0.787 bits per heavy atom. The number of carbonyl (C=O) groups is 4. The van der Waals surface area contributed by atoms with Crippen LogP contribution in [-0.2, 0) is 19.1 Å². The predicted molar refractivity (Wildman–Crippen MR) is 230 cm³/mol. The van der Waals surface area contributed by atoms with Crippen LogP contribution >= 0.6 is 0 Å². The quantitative estimate of drug-likeness (QED) is 0.104. The molecule has 4 amide bonds. The Hall–Kier alpha value is -6.18. The van der Waals surface area contributed by atoms with Crippen molar-refractivity contribution in [1.29, 1.82) is 0 Å². The van der Waals surface area contributed by atoms with Gasteiger partial charge in [-0.3, -0.25) is 9.59 Å². The Morgan fingerprint density at radius 3 is 2.07 bits per heavy atom. The van der Waals surface area contributed by atoms with Gasteiger partial charge in [0.2, 0.25) is 11.8 Å². The van der Waals surface area contributed by atoms with Gasteiger partial charge in [-0.2, -0.15) is 0 Å². The lowest BCUT2D eigenvalue weighted by atomic mass is 9.95. The molecule has 2 aromatic heterocycles. The molecular formula is C47H54N8O6. The molecule has 9 rings (SSSR count). The molecule has 4 heterocycles. The number of H-pyrrole nitrogens is 2. The Labute approximate surface area is 355 Å². The van der Waals surface area contributed by atoms with E-state index in [-0.39, 0.29) is 41.3 Å².